The Bertz CT molecular complexity index is 308. The first-order valence-corrected chi connectivity index (χ1v) is 9.59. The van der Waals surface area contributed by atoms with E-state index in [1.807, 2.05) is 0 Å². The standard InChI is InChI=1S/C13H24O2Si/c1-9(2)11-7-10(13(14)15-3)8-12(11)16(4,5)6/h10,12H,7-8H2,1-6H3. The zero-order chi connectivity index (χ0) is 12.5. The topological polar surface area (TPSA) is 26.3 Å². The molecule has 0 heterocycles. The van der Waals surface area contributed by atoms with Gasteiger partial charge in [0.05, 0.1) is 21.1 Å². The average Bonchev–Trinajstić information content (AvgIpc) is 2.60. The largest absolute Gasteiger partial charge is 0.469 e. The van der Waals surface area contributed by atoms with E-state index < -0.39 is 8.07 Å². The summed E-state index contributed by atoms with van der Waals surface area (Å²) in [6.45, 7) is 11.5. The number of hydrogen-bond donors (Lipinski definition) is 0. The van der Waals surface area contributed by atoms with Gasteiger partial charge in [-0.05, 0) is 32.2 Å². The van der Waals surface area contributed by atoms with Gasteiger partial charge >= 0.3 is 5.97 Å². The van der Waals surface area contributed by atoms with E-state index in [9.17, 15) is 4.79 Å². The Morgan fingerprint density at radius 3 is 2.19 bits per heavy atom. The summed E-state index contributed by atoms with van der Waals surface area (Å²) in [5, 5.41) is 0. The molecule has 0 aromatic heterocycles. The van der Waals surface area contributed by atoms with Crippen LogP contribution in [0.15, 0.2) is 11.1 Å². The fourth-order valence-electron chi connectivity index (χ4n) is 2.69. The van der Waals surface area contributed by atoms with Crippen molar-refractivity contribution in [2.75, 3.05) is 7.11 Å². The van der Waals surface area contributed by atoms with Gasteiger partial charge in [-0.15, -0.1) is 0 Å². The molecule has 3 heteroatoms. The van der Waals surface area contributed by atoms with Crippen molar-refractivity contribution in [2.24, 2.45) is 5.92 Å². The number of carbonyl (C=O) groups excluding carboxylic acids is 1. The van der Waals surface area contributed by atoms with Gasteiger partial charge < -0.3 is 4.74 Å². The van der Waals surface area contributed by atoms with Gasteiger partial charge in [-0.3, -0.25) is 4.79 Å². The van der Waals surface area contributed by atoms with Crippen LogP contribution in [0, 0.1) is 5.92 Å². The lowest BCUT2D eigenvalue weighted by Crippen LogP contribution is -2.28. The smallest absolute Gasteiger partial charge is 0.308 e. The summed E-state index contributed by atoms with van der Waals surface area (Å²) in [7, 11) is 0.276. The SMILES string of the molecule is COC(=O)C1CC(=C(C)C)C([Si](C)(C)C)C1. The first-order chi connectivity index (χ1) is 7.27. The third kappa shape index (κ3) is 2.76. The Morgan fingerprint density at radius 2 is 1.88 bits per heavy atom. The predicted octanol–water partition coefficient (Wildman–Crippen LogP) is 3.61. The number of ether oxygens (including phenoxy) is 1. The molecule has 2 atom stereocenters. The Balaban J connectivity index is 2.94. The molecule has 0 radical (unpaired) electrons. The average molecular weight is 240 g/mol. The normalized spacial score (nSPS) is 25.8. The van der Waals surface area contributed by atoms with Gasteiger partial charge in [0.15, 0.2) is 0 Å². The van der Waals surface area contributed by atoms with Crippen molar-refractivity contribution in [3.05, 3.63) is 11.1 Å². The third-order valence-corrected chi connectivity index (χ3v) is 6.30. The van der Waals surface area contributed by atoms with E-state index in [0.717, 1.165) is 12.8 Å². The number of methoxy groups -OCH3 is 1. The Kier molecular flexibility index (Phi) is 4.00. The predicted molar refractivity (Wildman–Crippen MR) is 70.2 cm³/mol. The minimum atomic E-state index is -1.22. The van der Waals surface area contributed by atoms with Gasteiger partial charge in [0.2, 0.25) is 0 Å². The summed E-state index contributed by atoms with van der Waals surface area (Å²) >= 11 is 0. The van der Waals surface area contributed by atoms with Crippen LogP contribution in [0.4, 0.5) is 0 Å². The molecule has 1 rings (SSSR count). The molecule has 1 aliphatic carbocycles. The van der Waals surface area contributed by atoms with Crippen molar-refractivity contribution in [3.63, 3.8) is 0 Å². The summed E-state index contributed by atoms with van der Waals surface area (Å²) < 4.78 is 4.88. The van der Waals surface area contributed by atoms with E-state index in [4.69, 9.17) is 4.74 Å². The molecule has 0 amide bonds. The number of allylic oxidation sites excluding steroid dienone is 2. The van der Waals surface area contributed by atoms with Crippen LogP contribution in [0.25, 0.3) is 0 Å². The molecule has 2 unspecified atom stereocenters. The van der Waals surface area contributed by atoms with Crippen molar-refractivity contribution >= 4 is 14.0 Å². The lowest BCUT2D eigenvalue weighted by Gasteiger charge is -2.27. The van der Waals surface area contributed by atoms with E-state index in [0.29, 0.717) is 5.54 Å². The van der Waals surface area contributed by atoms with E-state index in [-0.39, 0.29) is 11.9 Å². The molecule has 1 aliphatic rings. The number of carbonyl (C=O) groups is 1. The highest BCUT2D eigenvalue weighted by atomic mass is 28.3. The van der Waals surface area contributed by atoms with E-state index in [2.05, 4.69) is 33.5 Å². The lowest BCUT2D eigenvalue weighted by molar-refractivity contribution is -0.145. The van der Waals surface area contributed by atoms with E-state index in [1.165, 1.54) is 18.3 Å². The van der Waals surface area contributed by atoms with Crippen molar-refractivity contribution in [2.45, 2.75) is 51.9 Å². The van der Waals surface area contributed by atoms with Gasteiger partial charge in [0, 0.05) is 0 Å². The molecule has 2 nitrogen and oxygen atoms in total. The van der Waals surface area contributed by atoms with Crippen LogP contribution >= 0.6 is 0 Å². The molecule has 0 aromatic rings. The number of hydrogen-bond acceptors (Lipinski definition) is 2. The van der Waals surface area contributed by atoms with Gasteiger partial charge in [-0.1, -0.05) is 30.8 Å². The Morgan fingerprint density at radius 1 is 1.31 bits per heavy atom. The second-order valence-corrected chi connectivity index (χ2v) is 11.5. The summed E-state index contributed by atoms with van der Waals surface area (Å²) in [6.07, 6.45) is 1.92. The molecule has 1 fully saturated rings. The molecule has 1 saturated carbocycles. The highest BCUT2D eigenvalue weighted by Crippen LogP contribution is 2.47. The Labute approximate surface area is 100 Å². The molecule has 0 aromatic carbocycles. The van der Waals surface area contributed by atoms with Gasteiger partial charge in [-0.25, -0.2) is 0 Å². The quantitative estimate of drug-likeness (QED) is 0.419. The zero-order valence-corrected chi connectivity index (χ0v) is 12.4. The number of esters is 1. The molecule has 0 N–H and O–H groups in total. The summed E-state index contributed by atoms with van der Waals surface area (Å²) in [4.78, 5) is 11.6. The molecule has 92 valence electrons. The van der Waals surface area contributed by atoms with Crippen molar-refractivity contribution in [1.29, 1.82) is 0 Å². The molecular weight excluding hydrogens is 216 g/mol. The molecule has 0 saturated heterocycles. The minimum absolute atomic E-state index is 0.0282. The van der Waals surface area contributed by atoms with Crippen LogP contribution < -0.4 is 0 Å². The first kappa shape index (κ1) is 13.5. The molecular formula is C13H24O2Si. The molecule has 0 spiro atoms. The summed E-state index contributed by atoms with van der Waals surface area (Å²) in [5.74, 6) is 0.0751. The molecule has 0 bridgehead atoms. The number of rotatable bonds is 2. The van der Waals surface area contributed by atoms with Crippen LogP contribution in [-0.2, 0) is 9.53 Å². The lowest BCUT2D eigenvalue weighted by atomic mass is 10.1. The van der Waals surface area contributed by atoms with E-state index >= 15 is 0 Å². The van der Waals surface area contributed by atoms with Gasteiger partial charge in [0.1, 0.15) is 0 Å². The fraction of sp³-hybridized carbons (Fsp3) is 0.769. The third-order valence-electron chi connectivity index (χ3n) is 3.63. The fourth-order valence-corrected chi connectivity index (χ4v) is 5.14. The minimum Gasteiger partial charge on any atom is -0.469 e. The van der Waals surface area contributed by atoms with Gasteiger partial charge in [0.25, 0.3) is 0 Å². The first-order valence-electron chi connectivity index (χ1n) is 6.01. The Hall–Kier alpha value is -0.573. The van der Waals surface area contributed by atoms with Crippen LogP contribution in [0.1, 0.15) is 26.7 Å². The van der Waals surface area contributed by atoms with Crippen molar-refractivity contribution < 1.29 is 9.53 Å². The maximum absolute atomic E-state index is 11.6. The maximum atomic E-state index is 11.6. The van der Waals surface area contributed by atoms with Crippen LogP contribution in [-0.4, -0.2) is 21.2 Å². The van der Waals surface area contributed by atoms with Crippen LogP contribution in [0.3, 0.4) is 0 Å². The van der Waals surface area contributed by atoms with Crippen LogP contribution in [0.2, 0.25) is 25.2 Å². The maximum Gasteiger partial charge on any atom is 0.308 e. The molecule has 0 aliphatic heterocycles. The zero-order valence-electron chi connectivity index (χ0n) is 11.4. The van der Waals surface area contributed by atoms with E-state index in [1.54, 1.807) is 0 Å². The second kappa shape index (κ2) is 4.74. The second-order valence-electron chi connectivity index (χ2n) is 6.10. The van der Waals surface area contributed by atoms with Crippen molar-refractivity contribution in [3.8, 4) is 0 Å². The summed E-state index contributed by atoms with van der Waals surface area (Å²) in [6, 6.07) is 0. The summed E-state index contributed by atoms with van der Waals surface area (Å²) in [5.41, 5.74) is 3.58. The van der Waals surface area contributed by atoms with Crippen LogP contribution in [0.5, 0.6) is 0 Å². The van der Waals surface area contributed by atoms with Crippen molar-refractivity contribution in [1.82, 2.24) is 0 Å². The highest BCUT2D eigenvalue weighted by molar-refractivity contribution is 6.78. The highest BCUT2D eigenvalue weighted by Gasteiger charge is 2.41. The monoisotopic (exact) mass is 240 g/mol. The molecule has 16 heavy (non-hydrogen) atoms. The van der Waals surface area contributed by atoms with Gasteiger partial charge in [-0.2, -0.15) is 0 Å².